The largest absolute Gasteiger partial charge is 0.376 e. The Bertz CT molecular complexity index is 845. The Kier molecular flexibility index (Phi) is 6.48. The molecule has 0 bridgehead atoms. The Balaban J connectivity index is 1.79. The summed E-state index contributed by atoms with van der Waals surface area (Å²) < 4.78 is 5.63. The van der Waals surface area contributed by atoms with Gasteiger partial charge in [0.1, 0.15) is 0 Å². The van der Waals surface area contributed by atoms with E-state index in [1.807, 2.05) is 50.2 Å². The molecule has 27 heavy (non-hydrogen) atoms. The molecule has 1 unspecified atom stereocenters. The third-order valence-electron chi connectivity index (χ3n) is 4.44. The maximum atomic E-state index is 12.7. The van der Waals surface area contributed by atoms with Crippen LogP contribution in [0, 0.1) is 13.8 Å². The molecular formula is C21H24ClN3O2. The Labute approximate surface area is 164 Å². The summed E-state index contributed by atoms with van der Waals surface area (Å²) in [5.41, 5.74) is 3.43. The second-order valence-electron chi connectivity index (χ2n) is 6.73. The molecule has 0 saturated carbocycles. The number of ether oxygens (including phenoxy) is 1. The summed E-state index contributed by atoms with van der Waals surface area (Å²) in [6.07, 6.45) is 2.13. The third kappa shape index (κ3) is 5.55. The molecule has 0 aliphatic carbocycles. The summed E-state index contributed by atoms with van der Waals surface area (Å²) in [4.78, 5) is 17.2. The average Bonchev–Trinajstić information content (AvgIpc) is 3.16. The fourth-order valence-electron chi connectivity index (χ4n) is 2.91. The first-order valence-electron chi connectivity index (χ1n) is 9.08. The summed E-state index contributed by atoms with van der Waals surface area (Å²) in [7, 11) is 0. The predicted octanol–water partition coefficient (Wildman–Crippen LogP) is 4.33. The van der Waals surface area contributed by atoms with Gasteiger partial charge in [-0.15, -0.1) is 0 Å². The van der Waals surface area contributed by atoms with Gasteiger partial charge in [0.05, 0.1) is 12.6 Å². The molecule has 1 amide bonds. The third-order valence-corrected chi connectivity index (χ3v) is 4.68. The summed E-state index contributed by atoms with van der Waals surface area (Å²) in [5.74, 6) is 0.180. The number of guanidine groups is 1. The molecule has 1 atom stereocenters. The molecular weight excluding hydrogens is 362 g/mol. The molecule has 142 valence electrons. The fourth-order valence-corrected chi connectivity index (χ4v) is 3.09. The first-order valence-corrected chi connectivity index (χ1v) is 9.46. The van der Waals surface area contributed by atoms with Crippen LogP contribution in [-0.4, -0.2) is 31.1 Å². The maximum absolute atomic E-state index is 12.7. The lowest BCUT2D eigenvalue weighted by molar-refractivity contribution is 0.0975. The lowest BCUT2D eigenvalue weighted by atomic mass is 10.1. The van der Waals surface area contributed by atoms with Crippen LogP contribution in [0.4, 0.5) is 5.69 Å². The Morgan fingerprint density at radius 2 is 2.11 bits per heavy atom. The number of carbonyl (C=O) groups excluding carboxylic acids is 1. The summed E-state index contributed by atoms with van der Waals surface area (Å²) in [5, 5.41) is 6.70. The van der Waals surface area contributed by atoms with Crippen molar-refractivity contribution >= 4 is 29.2 Å². The molecule has 0 aromatic heterocycles. The molecule has 6 heteroatoms. The highest BCUT2D eigenvalue weighted by molar-refractivity contribution is 6.31. The monoisotopic (exact) mass is 385 g/mol. The van der Waals surface area contributed by atoms with Crippen LogP contribution in [0.2, 0.25) is 5.02 Å². The molecule has 3 rings (SSSR count). The zero-order valence-electron chi connectivity index (χ0n) is 15.6. The van der Waals surface area contributed by atoms with Gasteiger partial charge in [0, 0.05) is 22.9 Å². The molecule has 0 spiro atoms. The number of anilines is 1. The van der Waals surface area contributed by atoms with E-state index in [1.54, 1.807) is 6.07 Å². The van der Waals surface area contributed by atoms with Crippen LogP contribution in [0.3, 0.4) is 0 Å². The van der Waals surface area contributed by atoms with Gasteiger partial charge in [0.15, 0.2) is 0 Å². The number of amides is 1. The van der Waals surface area contributed by atoms with Crippen LogP contribution in [0.15, 0.2) is 47.5 Å². The summed E-state index contributed by atoms with van der Waals surface area (Å²) >= 11 is 6.11. The number of hydrogen-bond acceptors (Lipinski definition) is 3. The SMILES string of the molecule is Cc1cccc(C(=O)NC(=NCC2CCCO2)Nc2cc(Cl)ccc2C)c1. The van der Waals surface area contributed by atoms with Gasteiger partial charge < -0.3 is 10.1 Å². The van der Waals surface area contributed by atoms with Crippen molar-refractivity contribution in [2.45, 2.75) is 32.8 Å². The van der Waals surface area contributed by atoms with Gasteiger partial charge in [-0.1, -0.05) is 35.4 Å². The zero-order valence-corrected chi connectivity index (χ0v) is 16.3. The molecule has 2 aromatic carbocycles. The van der Waals surface area contributed by atoms with Crippen molar-refractivity contribution in [2.24, 2.45) is 4.99 Å². The number of rotatable bonds is 4. The number of carbonyl (C=O) groups is 1. The van der Waals surface area contributed by atoms with E-state index >= 15 is 0 Å². The topological polar surface area (TPSA) is 62.7 Å². The van der Waals surface area contributed by atoms with Gasteiger partial charge in [0.2, 0.25) is 5.96 Å². The van der Waals surface area contributed by atoms with Crippen molar-refractivity contribution in [3.05, 3.63) is 64.2 Å². The van der Waals surface area contributed by atoms with E-state index in [9.17, 15) is 4.79 Å². The van der Waals surface area contributed by atoms with Crippen molar-refractivity contribution in [3.8, 4) is 0 Å². The second kappa shape index (κ2) is 9.02. The number of benzene rings is 2. The van der Waals surface area contributed by atoms with E-state index in [-0.39, 0.29) is 12.0 Å². The summed E-state index contributed by atoms with van der Waals surface area (Å²) in [6, 6.07) is 13.0. The number of halogens is 1. The number of aryl methyl sites for hydroxylation is 2. The van der Waals surface area contributed by atoms with Crippen LogP contribution in [0.1, 0.15) is 34.3 Å². The van der Waals surface area contributed by atoms with Gasteiger partial charge >= 0.3 is 0 Å². The van der Waals surface area contributed by atoms with Gasteiger partial charge in [-0.3, -0.25) is 10.1 Å². The van der Waals surface area contributed by atoms with E-state index < -0.39 is 0 Å². The quantitative estimate of drug-likeness (QED) is 0.608. The van der Waals surface area contributed by atoms with E-state index in [0.717, 1.165) is 36.3 Å². The number of nitrogens with one attached hydrogen (secondary N) is 2. The molecule has 1 aliphatic heterocycles. The van der Waals surface area contributed by atoms with Crippen LogP contribution >= 0.6 is 11.6 Å². The Morgan fingerprint density at radius 3 is 2.85 bits per heavy atom. The first kappa shape index (κ1) is 19.4. The minimum atomic E-state index is -0.211. The lowest BCUT2D eigenvalue weighted by Gasteiger charge is -2.15. The fraction of sp³-hybridized carbons (Fsp3) is 0.333. The molecule has 1 saturated heterocycles. The van der Waals surface area contributed by atoms with Crippen molar-refractivity contribution in [1.82, 2.24) is 5.32 Å². The van der Waals surface area contributed by atoms with Gasteiger partial charge in [-0.05, 0) is 56.5 Å². The van der Waals surface area contributed by atoms with Gasteiger partial charge in [0.25, 0.3) is 5.91 Å². The van der Waals surface area contributed by atoms with Crippen molar-refractivity contribution in [3.63, 3.8) is 0 Å². The Hall–Kier alpha value is -2.37. The zero-order chi connectivity index (χ0) is 19.2. The van der Waals surface area contributed by atoms with Crippen molar-refractivity contribution in [2.75, 3.05) is 18.5 Å². The number of hydrogen-bond donors (Lipinski definition) is 2. The van der Waals surface area contributed by atoms with E-state index in [4.69, 9.17) is 16.3 Å². The van der Waals surface area contributed by atoms with E-state index in [2.05, 4.69) is 15.6 Å². The van der Waals surface area contributed by atoms with Crippen molar-refractivity contribution < 1.29 is 9.53 Å². The van der Waals surface area contributed by atoms with Gasteiger partial charge in [-0.2, -0.15) is 0 Å². The minimum absolute atomic E-state index is 0.0955. The lowest BCUT2D eigenvalue weighted by Crippen LogP contribution is -2.37. The highest BCUT2D eigenvalue weighted by Crippen LogP contribution is 2.20. The number of nitrogens with zero attached hydrogens (tertiary/aromatic N) is 1. The summed E-state index contributed by atoms with van der Waals surface area (Å²) in [6.45, 7) is 5.19. The maximum Gasteiger partial charge on any atom is 0.257 e. The average molecular weight is 386 g/mol. The smallest absolute Gasteiger partial charge is 0.257 e. The molecule has 1 aliphatic rings. The van der Waals surface area contributed by atoms with Crippen molar-refractivity contribution in [1.29, 1.82) is 0 Å². The van der Waals surface area contributed by atoms with Crippen LogP contribution in [0.25, 0.3) is 0 Å². The highest BCUT2D eigenvalue weighted by Gasteiger charge is 2.16. The van der Waals surface area contributed by atoms with E-state index in [1.165, 1.54) is 0 Å². The molecule has 5 nitrogen and oxygen atoms in total. The first-order chi connectivity index (χ1) is 13.0. The molecule has 2 N–H and O–H groups in total. The van der Waals surface area contributed by atoms with E-state index in [0.29, 0.717) is 23.1 Å². The molecule has 1 fully saturated rings. The predicted molar refractivity (Wildman–Crippen MR) is 110 cm³/mol. The Morgan fingerprint density at radius 1 is 1.26 bits per heavy atom. The molecule has 2 aromatic rings. The molecule has 1 heterocycles. The minimum Gasteiger partial charge on any atom is -0.376 e. The number of aliphatic imine (C=N–C) groups is 1. The molecule has 0 radical (unpaired) electrons. The van der Waals surface area contributed by atoms with Gasteiger partial charge in [-0.25, -0.2) is 4.99 Å². The second-order valence-corrected chi connectivity index (χ2v) is 7.17. The van der Waals surface area contributed by atoms with Crippen LogP contribution in [0.5, 0.6) is 0 Å². The highest BCUT2D eigenvalue weighted by atomic mass is 35.5. The van der Waals surface area contributed by atoms with Crippen LogP contribution in [-0.2, 0) is 4.74 Å². The van der Waals surface area contributed by atoms with Crippen LogP contribution < -0.4 is 10.6 Å². The normalized spacial score (nSPS) is 17.0. The standard InChI is InChI=1S/C21H24ClN3O2/c1-14-5-3-6-16(11-14)20(26)25-21(23-13-18-7-4-10-27-18)24-19-12-17(22)9-8-15(19)2/h3,5-6,8-9,11-12,18H,4,7,10,13H2,1-2H3,(H2,23,24,25,26).